The van der Waals surface area contributed by atoms with E-state index in [-0.39, 0.29) is 23.7 Å². The molecule has 1 amide bonds. The lowest BCUT2D eigenvalue weighted by Crippen LogP contribution is -2.30. The number of fused-ring (bicyclic) bond motifs is 1. The van der Waals surface area contributed by atoms with Crippen molar-refractivity contribution in [2.24, 2.45) is 0 Å². The number of nitrogens with zero attached hydrogens (tertiary/aromatic N) is 1. The van der Waals surface area contributed by atoms with Crippen LogP contribution in [0.4, 0.5) is 5.69 Å². The van der Waals surface area contributed by atoms with Gasteiger partial charge in [0, 0.05) is 24.8 Å². The first-order valence-electron chi connectivity index (χ1n) is 10.1. The van der Waals surface area contributed by atoms with E-state index in [1.54, 1.807) is 0 Å². The molecule has 0 unspecified atom stereocenters. The quantitative estimate of drug-likeness (QED) is 0.654. The van der Waals surface area contributed by atoms with Crippen LogP contribution in [-0.2, 0) is 24.3 Å². The van der Waals surface area contributed by atoms with E-state index in [2.05, 4.69) is 22.3 Å². The monoisotopic (exact) mass is 404 g/mol. The van der Waals surface area contributed by atoms with Crippen molar-refractivity contribution in [1.29, 1.82) is 0 Å². The Balaban J connectivity index is 1.32. The minimum Gasteiger partial charge on any atom is -0.477 e. The van der Waals surface area contributed by atoms with Gasteiger partial charge in [0.2, 0.25) is 11.2 Å². The van der Waals surface area contributed by atoms with Gasteiger partial charge in [-0.3, -0.25) is 9.59 Å². The minimum absolute atomic E-state index is 0.0349. The predicted octanol–water partition coefficient (Wildman–Crippen LogP) is 3.29. The second kappa shape index (κ2) is 9.31. The van der Waals surface area contributed by atoms with Crippen LogP contribution < -0.4 is 20.4 Å². The van der Waals surface area contributed by atoms with Gasteiger partial charge in [0.05, 0.1) is 6.54 Å². The summed E-state index contributed by atoms with van der Waals surface area (Å²) >= 11 is 0. The zero-order chi connectivity index (χ0) is 20.8. The van der Waals surface area contributed by atoms with Crippen LogP contribution in [0.2, 0.25) is 0 Å². The van der Waals surface area contributed by atoms with E-state index in [1.807, 2.05) is 42.5 Å². The SMILES string of the molecule is O=C(COc1coc(CN2CCCc3ccccc32)cc1=O)NCc1ccccc1. The Morgan fingerprint density at radius 3 is 2.73 bits per heavy atom. The lowest BCUT2D eigenvalue weighted by atomic mass is 10.0. The number of amides is 1. The highest BCUT2D eigenvalue weighted by atomic mass is 16.5. The molecule has 1 N–H and O–H groups in total. The fraction of sp³-hybridized carbons (Fsp3) is 0.250. The zero-order valence-electron chi connectivity index (χ0n) is 16.7. The molecule has 0 aliphatic carbocycles. The molecule has 30 heavy (non-hydrogen) atoms. The Morgan fingerprint density at radius 2 is 1.90 bits per heavy atom. The Morgan fingerprint density at radius 1 is 1.10 bits per heavy atom. The van der Waals surface area contributed by atoms with Crippen LogP contribution in [0.3, 0.4) is 0 Å². The number of anilines is 1. The number of benzene rings is 2. The number of para-hydroxylation sites is 1. The van der Waals surface area contributed by atoms with E-state index in [4.69, 9.17) is 9.15 Å². The molecular weight excluding hydrogens is 380 g/mol. The number of carbonyl (C=O) groups is 1. The summed E-state index contributed by atoms with van der Waals surface area (Å²) in [6, 6.07) is 19.3. The zero-order valence-corrected chi connectivity index (χ0v) is 16.7. The lowest BCUT2D eigenvalue weighted by molar-refractivity contribution is -0.123. The number of ether oxygens (including phenoxy) is 1. The minimum atomic E-state index is -0.299. The van der Waals surface area contributed by atoms with Crippen LogP contribution in [-0.4, -0.2) is 19.1 Å². The normalized spacial score (nSPS) is 12.9. The third kappa shape index (κ3) is 4.89. The van der Waals surface area contributed by atoms with Crippen LogP contribution in [0.5, 0.6) is 5.75 Å². The maximum Gasteiger partial charge on any atom is 0.258 e. The van der Waals surface area contributed by atoms with Gasteiger partial charge in [-0.25, -0.2) is 0 Å². The van der Waals surface area contributed by atoms with E-state index >= 15 is 0 Å². The van der Waals surface area contributed by atoms with Crippen LogP contribution in [0.25, 0.3) is 0 Å². The average Bonchev–Trinajstić information content (AvgIpc) is 2.78. The second-order valence-corrected chi connectivity index (χ2v) is 7.28. The van der Waals surface area contributed by atoms with Gasteiger partial charge >= 0.3 is 0 Å². The molecule has 0 saturated heterocycles. The number of rotatable bonds is 7. The fourth-order valence-electron chi connectivity index (χ4n) is 3.58. The molecule has 2 aromatic carbocycles. The van der Waals surface area contributed by atoms with Crippen LogP contribution in [0.1, 0.15) is 23.3 Å². The molecule has 0 bridgehead atoms. The number of hydrogen-bond acceptors (Lipinski definition) is 5. The molecule has 1 aliphatic rings. The lowest BCUT2D eigenvalue weighted by Gasteiger charge is -2.30. The van der Waals surface area contributed by atoms with E-state index < -0.39 is 0 Å². The number of nitrogens with one attached hydrogen (secondary N) is 1. The summed E-state index contributed by atoms with van der Waals surface area (Å²) in [6.07, 6.45) is 3.42. The smallest absolute Gasteiger partial charge is 0.258 e. The number of carbonyl (C=O) groups excluding carboxylic acids is 1. The third-order valence-corrected chi connectivity index (χ3v) is 5.10. The van der Waals surface area contributed by atoms with Gasteiger partial charge in [-0.1, -0.05) is 48.5 Å². The van der Waals surface area contributed by atoms with Gasteiger partial charge in [-0.2, -0.15) is 0 Å². The topological polar surface area (TPSA) is 71.8 Å². The first-order chi connectivity index (χ1) is 14.7. The van der Waals surface area contributed by atoms with Gasteiger partial charge in [0.25, 0.3) is 5.91 Å². The van der Waals surface area contributed by atoms with E-state index in [1.165, 1.54) is 23.6 Å². The summed E-state index contributed by atoms with van der Waals surface area (Å²) in [4.78, 5) is 26.6. The summed E-state index contributed by atoms with van der Waals surface area (Å²) in [5.41, 5.74) is 3.20. The molecule has 6 heteroatoms. The number of aryl methyl sites for hydroxylation is 1. The van der Waals surface area contributed by atoms with Gasteiger partial charge in [0.15, 0.2) is 6.61 Å². The summed E-state index contributed by atoms with van der Waals surface area (Å²) < 4.78 is 11.0. The predicted molar refractivity (Wildman–Crippen MR) is 115 cm³/mol. The molecule has 4 rings (SSSR count). The molecule has 6 nitrogen and oxygen atoms in total. The number of hydrogen-bond donors (Lipinski definition) is 1. The molecule has 3 aromatic rings. The second-order valence-electron chi connectivity index (χ2n) is 7.28. The molecule has 0 atom stereocenters. The van der Waals surface area contributed by atoms with Crippen molar-refractivity contribution in [3.05, 3.63) is 94.0 Å². The van der Waals surface area contributed by atoms with Crippen LogP contribution >= 0.6 is 0 Å². The summed E-state index contributed by atoms with van der Waals surface area (Å²) in [5, 5.41) is 2.76. The molecule has 2 heterocycles. The molecule has 1 aromatic heterocycles. The van der Waals surface area contributed by atoms with Crippen molar-refractivity contribution in [3.63, 3.8) is 0 Å². The maximum absolute atomic E-state index is 12.4. The highest BCUT2D eigenvalue weighted by molar-refractivity contribution is 5.77. The Hall–Kier alpha value is -3.54. The first-order valence-corrected chi connectivity index (χ1v) is 10.1. The highest BCUT2D eigenvalue weighted by Crippen LogP contribution is 2.28. The summed E-state index contributed by atoms with van der Waals surface area (Å²) in [6.45, 7) is 1.61. The van der Waals surface area contributed by atoms with Crippen molar-refractivity contribution in [1.82, 2.24) is 5.32 Å². The largest absolute Gasteiger partial charge is 0.477 e. The van der Waals surface area contributed by atoms with Gasteiger partial charge in [0.1, 0.15) is 12.0 Å². The van der Waals surface area contributed by atoms with Gasteiger partial charge in [-0.05, 0) is 30.0 Å². The van der Waals surface area contributed by atoms with Crippen molar-refractivity contribution in [2.75, 3.05) is 18.1 Å². The van der Waals surface area contributed by atoms with E-state index in [0.717, 1.165) is 24.9 Å². The van der Waals surface area contributed by atoms with Gasteiger partial charge in [-0.15, -0.1) is 0 Å². The first kappa shape index (κ1) is 19.8. The fourth-order valence-corrected chi connectivity index (χ4v) is 3.58. The Labute approximate surface area is 175 Å². The standard InChI is InChI=1S/C24H24N2O4/c27-22-13-20(15-26-12-6-10-19-9-4-5-11-21(19)26)29-16-23(22)30-17-24(28)25-14-18-7-2-1-3-8-18/h1-5,7-9,11,13,16H,6,10,12,14-15,17H2,(H,25,28). The van der Waals surface area contributed by atoms with Crippen LogP contribution in [0.15, 0.2) is 76.1 Å². The molecular formula is C24H24N2O4. The van der Waals surface area contributed by atoms with Gasteiger partial charge < -0.3 is 19.4 Å². The molecule has 0 saturated carbocycles. The average molecular weight is 404 g/mol. The Bertz CT molecular complexity index is 1060. The molecule has 1 aliphatic heterocycles. The van der Waals surface area contributed by atoms with Crippen molar-refractivity contribution < 1.29 is 13.9 Å². The molecule has 0 radical (unpaired) electrons. The van der Waals surface area contributed by atoms with E-state index in [9.17, 15) is 9.59 Å². The summed E-state index contributed by atoms with van der Waals surface area (Å²) in [7, 11) is 0. The van der Waals surface area contributed by atoms with E-state index in [0.29, 0.717) is 18.8 Å². The molecule has 0 spiro atoms. The Kier molecular flexibility index (Phi) is 6.13. The van der Waals surface area contributed by atoms with Crippen molar-refractivity contribution in [3.8, 4) is 5.75 Å². The third-order valence-electron chi connectivity index (χ3n) is 5.10. The van der Waals surface area contributed by atoms with Crippen molar-refractivity contribution >= 4 is 11.6 Å². The maximum atomic E-state index is 12.4. The van der Waals surface area contributed by atoms with Crippen molar-refractivity contribution in [2.45, 2.75) is 25.9 Å². The molecule has 0 fully saturated rings. The van der Waals surface area contributed by atoms with Crippen LogP contribution in [0, 0.1) is 0 Å². The highest BCUT2D eigenvalue weighted by Gasteiger charge is 2.18. The molecule has 154 valence electrons. The summed E-state index contributed by atoms with van der Waals surface area (Å²) in [5.74, 6) is 0.303.